The number of benzene rings is 3. The Morgan fingerprint density at radius 3 is 2.14 bits per heavy atom. The molecule has 0 radical (unpaired) electrons. The largest absolute Gasteiger partial charge is 0.504 e. The van der Waals surface area contributed by atoms with Gasteiger partial charge in [-0.15, -0.1) is 0 Å². The summed E-state index contributed by atoms with van der Waals surface area (Å²) in [6, 6.07) is 13.2. The third-order valence-electron chi connectivity index (χ3n) is 5.12. The van der Waals surface area contributed by atoms with Crippen molar-refractivity contribution in [1.29, 1.82) is 0 Å². The molecule has 0 atom stereocenters. The molecular weight excluding hydrogens is 470 g/mol. The van der Waals surface area contributed by atoms with Gasteiger partial charge >= 0.3 is 0 Å². The number of phenolic OH excluding ortho intramolecular Hbond substituents is 2. The molecule has 186 valence electrons. The molecule has 0 saturated heterocycles. The first-order chi connectivity index (χ1) is 16.5. The van der Waals surface area contributed by atoms with Gasteiger partial charge < -0.3 is 24.4 Å². The van der Waals surface area contributed by atoms with Gasteiger partial charge in [0, 0.05) is 11.3 Å². The van der Waals surface area contributed by atoms with Gasteiger partial charge in [0.2, 0.25) is 10.0 Å². The zero-order chi connectivity index (χ0) is 25.8. The van der Waals surface area contributed by atoms with E-state index in [0.29, 0.717) is 46.0 Å². The Morgan fingerprint density at radius 2 is 1.60 bits per heavy atom. The summed E-state index contributed by atoms with van der Waals surface area (Å²) in [7, 11) is -0.491. The van der Waals surface area contributed by atoms with Crippen molar-refractivity contribution in [2.75, 3.05) is 31.8 Å². The molecule has 0 aliphatic rings. The number of sulfonamides is 1. The molecule has 3 aromatic carbocycles. The van der Waals surface area contributed by atoms with Gasteiger partial charge in [-0.2, -0.15) is 0 Å². The highest BCUT2D eigenvalue weighted by Crippen LogP contribution is 2.50. The zero-order valence-corrected chi connectivity index (χ0v) is 21.1. The first-order valence-corrected chi connectivity index (χ1v) is 12.6. The van der Waals surface area contributed by atoms with Gasteiger partial charge in [0.15, 0.2) is 23.0 Å². The first-order valence-electron chi connectivity index (χ1n) is 10.7. The van der Waals surface area contributed by atoms with Crippen molar-refractivity contribution < 1.29 is 32.8 Å². The second-order valence-electron chi connectivity index (χ2n) is 8.11. The van der Waals surface area contributed by atoms with E-state index in [2.05, 4.69) is 4.72 Å². The van der Waals surface area contributed by atoms with Gasteiger partial charge in [-0.1, -0.05) is 23.8 Å². The molecule has 3 aromatic rings. The normalized spacial score (nSPS) is 11.0. The molecule has 9 heteroatoms. The van der Waals surface area contributed by atoms with Crippen LogP contribution in [0.2, 0.25) is 0 Å². The fourth-order valence-corrected chi connectivity index (χ4v) is 4.08. The van der Waals surface area contributed by atoms with Gasteiger partial charge in [0.05, 0.1) is 26.0 Å². The standard InChI is InChI=1S/C26H29NO7S/c1-16(2)12-13-34-22-11-8-18(14-21(22)28)24-23(32-3)15-20(26(33-4)25(24)29)17-6-9-19(10-7-17)27-35(5,30)31/h6-12,14-15,27-29H,13H2,1-5H3. The number of ether oxygens (including phenoxy) is 3. The van der Waals surface area contributed by atoms with Crippen LogP contribution >= 0.6 is 0 Å². The lowest BCUT2D eigenvalue weighted by atomic mass is 9.96. The summed E-state index contributed by atoms with van der Waals surface area (Å²) in [5.41, 5.74) is 3.57. The zero-order valence-electron chi connectivity index (χ0n) is 20.2. The van der Waals surface area contributed by atoms with Crippen molar-refractivity contribution in [1.82, 2.24) is 0 Å². The fourth-order valence-electron chi connectivity index (χ4n) is 3.51. The Morgan fingerprint density at radius 1 is 0.943 bits per heavy atom. The van der Waals surface area contributed by atoms with Gasteiger partial charge in [-0.05, 0) is 61.4 Å². The maximum atomic E-state index is 11.5. The number of rotatable bonds is 9. The number of nitrogens with one attached hydrogen (secondary N) is 1. The Kier molecular flexibility index (Phi) is 7.81. The highest BCUT2D eigenvalue weighted by molar-refractivity contribution is 7.92. The number of allylic oxidation sites excluding steroid dienone is 1. The van der Waals surface area contributed by atoms with Crippen molar-refractivity contribution in [3.8, 4) is 51.0 Å². The van der Waals surface area contributed by atoms with Crippen LogP contribution in [0.3, 0.4) is 0 Å². The molecule has 0 aliphatic heterocycles. The van der Waals surface area contributed by atoms with Crippen LogP contribution in [0.15, 0.2) is 60.2 Å². The quantitative estimate of drug-likeness (QED) is 0.348. The van der Waals surface area contributed by atoms with E-state index in [4.69, 9.17) is 14.2 Å². The van der Waals surface area contributed by atoms with Crippen LogP contribution in [0.1, 0.15) is 13.8 Å². The summed E-state index contributed by atoms with van der Waals surface area (Å²) in [5, 5.41) is 21.6. The average Bonchev–Trinajstić information content (AvgIpc) is 2.78. The van der Waals surface area contributed by atoms with Crippen molar-refractivity contribution in [3.63, 3.8) is 0 Å². The molecule has 8 nitrogen and oxygen atoms in total. The summed E-state index contributed by atoms with van der Waals surface area (Å²) in [5.74, 6) is 0.624. The van der Waals surface area contributed by atoms with E-state index in [1.165, 1.54) is 20.3 Å². The number of hydrogen-bond acceptors (Lipinski definition) is 7. The van der Waals surface area contributed by atoms with Crippen LogP contribution in [0.4, 0.5) is 5.69 Å². The van der Waals surface area contributed by atoms with E-state index in [-0.39, 0.29) is 17.2 Å². The molecule has 35 heavy (non-hydrogen) atoms. The molecule has 0 amide bonds. The minimum Gasteiger partial charge on any atom is -0.504 e. The molecule has 0 aliphatic carbocycles. The second-order valence-corrected chi connectivity index (χ2v) is 9.86. The summed E-state index contributed by atoms with van der Waals surface area (Å²) in [4.78, 5) is 0. The molecule has 0 spiro atoms. The van der Waals surface area contributed by atoms with E-state index >= 15 is 0 Å². The van der Waals surface area contributed by atoms with Crippen molar-refractivity contribution in [2.45, 2.75) is 13.8 Å². The van der Waals surface area contributed by atoms with Crippen molar-refractivity contribution in [2.24, 2.45) is 0 Å². The molecular formula is C26H29NO7S. The Balaban J connectivity index is 2.04. The third kappa shape index (κ3) is 6.19. The van der Waals surface area contributed by atoms with E-state index in [0.717, 1.165) is 11.8 Å². The Bertz CT molecular complexity index is 1340. The summed E-state index contributed by atoms with van der Waals surface area (Å²) in [6.45, 7) is 4.24. The van der Waals surface area contributed by atoms with Crippen LogP contribution < -0.4 is 18.9 Å². The maximum Gasteiger partial charge on any atom is 0.229 e. The van der Waals surface area contributed by atoms with Crippen LogP contribution in [0, 0.1) is 0 Å². The van der Waals surface area contributed by atoms with Crippen LogP contribution in [0.5, 0.6) is 28.7 Å². The van der Waals surface area contributed by atoms with E-state index < -0.39 is 10.0 Å². The number of aromatic hydroxyl groups is 2. The molecule has 3 N–H and O–H groups in total. The second kappa shape index (κ2) is 10.6. The average molecular weight is 500 g/mol. The topological polar surface area (TPSA) is 114 Å². The van der Waals surface area contributed by atoms with Crippen molar-refractivity contribution in [3.05, 3.63) is 60.2 Å². The Hall–Kier alpha value is -3.85. The molecule has 0 unspecified atom stereocenters. The SMILES string of the molecule is COc1cc(-c2ccc(NS(C)(=O)=O)cc2)c(OC)c(O)c1-c1ccc(OCC=C(C)C)c(O)c1. The van der Waals surface area contributed by atoms with E-state index in [1.54, 1.807) is 42.5 Å². The minimum absolute atomic E-state index is 0.0804. The maximum absolute atomic E-state index is 11.5. The van der Waals surface area contributed by atoms with Gasteiger partial charge in [-0.25, -0.2) is 8.42 Å². The Labute approximate surface area is 205 Å². The summed E-state index contributed by atoms with van der Waals surface area (Å²) in [6.07, 6.45) is 2.97. The smallest absolute Gasteiger partial charge is 0.229 e. The molecule has 0 fully saturated rings. The molecule has 0 bridgehead atoms. The van der Waals surface area contributed by atoms with Crippen LogP contribution in [0.25, 0.3) is 22.3 Å². The van der Waals surface area contributed by atoms with Gasteiger partial charge in [0.25, 0.3) is 0 Å². The van der Waals surface area contributed by atoms with Gasteiger partial charge in [-0.3, -0.25) is 4.72 Å². The van der Waals surface area contributed by atoms with E-state index in [1.807, 2.05) is 19.9 Å². The first kappa shape index (κ1) is 25.8. The monoisotopic (exact) mass is 499 g/mol. The summed E-state index contributed by atoms with van der Waals surface area (Å²) >= 11 is 0. The number of hydrogen-bond donors (Lipinski definition) is 3. The van der Waals surface area contributed by atoms with E-state index in [9.17, 15) is 18.6 Å². The molecule has 3 rings (SSSR count). The highest BCUT2D eigenvalue weighted by Gasteiger charge is 2.22. The molecule has 0 saturated carbocycles. The molecule has 0 heterocycles. The minimum atomic E-state index is -3.40. The van der Waals surface area contributed by atoms with Crippen molar-refractivity contribution >= 4 is 15.7 Å². The lowest BCUT2D eigenvalue weighted by Crippen LogP contribution is -2.09. The number of phenols is 2. The van der Waals surface area contributed by atoms with Gasteiger partial charge in [0.1, 0.15) is 12.4 Å². The van der Waals surface area contributed by atoms with Crippen LogP contribution in [-0.2, 0) is 10.0 Å². The fraction of sp³-hybridized carbons (Fsp3) is 0.231. The summed E-state index contributed by atoms with van der Waals surface area (Å²) < 4.78 is 42.0. The number of methoxy groups -OCH3 is 2. The van der Waals surface area contributed by atoms with Crippen LogP contribution in [-0.4, -0.2) is 45.7 Å². The third-order valence-corrected chi connectivity index (χ3v) is 5.73. The lowest BCUT2D eigenvalue weighted by molar-refractivity contribution is 0.335. The molecule has 0 aromatic heterocycles. The highest BCUT2D eigenvalue weighted by atomic mass is 32.2. The number of anilines is 1. The predicted octanol–water partition coefficient (Wildman–Crippen LogP) is 5.17. The predicted molar refractivity (Wildman–Crippen MR) is 137 cm³/mol. The lowest BCUT2D eigenvalue weighted by Gasteiger charge is -2.18.